The van der Waals surface area contributed by atoms with Crippen LogP contribution in [0.15, 0.2) is 85.3 Å². The third kappa shape index (κ3) is 40.7. The van der Waals surface area contributed by atoms with Gasteiger partial charge in [0.15, 0.2) is 6.10 Å². The normalized spacial score (nSPS) is 14.3. The molecule has 0 aromatic heterocycles. The Kier molecular flexibility index (Phi) is 39.8. The Morgan fingerprint density at radius 1 is 0.574 bits per heavy atom. The van der Waals surface area contributed by atoms with Gasteiger partial charge >= 0.3 is 13.8 Å². The molecule has 0 aromatic carbocycles. The molecule has 8 nitrogen and oxygen atoms in total. The van der Waals surface area contributed by atoms with E-state index in [1.54, 1.807) is 6.26 Å². The average Bonchev–Trinajstić information content (AvgIpc) is 3.16. The number of ether oxygens (including phenoxy) is 2. The number of allylic oxidation sites excluding steroid dienone is 13. The van der Waals surface area contributed by atoms with Crippen LogP contribution in [-0.4, -0.2) is 43.3 Å². The number of nitrogens with two attached hydrogens (primary N) is 1. The van der Waals surface area contributed by atoms with Gasteiger partial charge in [0, 0.05) is 13.0 Å². The van der Waals surface area contributed by atoms with Gasteiger partial charge in [0.2, 0.25) is 0 Å². The van der Waals surface area contributed by atoms with Crippen LogP contribution in [0, 0.1) is 0 Å². The zero-order valence-electron chi connectivity index (χ0n) is 34.2. The quantitative estimate of drug-likeness (QED) is 0.0208. The fourth-order valence-corrected chi connectivity index (χ4v) is 6.05. The summed E-state index contributed by atoms with van der Waals surface area (Å²) >= 11 is 0. The van der Waals surface area contributed by atoms with Crippen LogP contribution in [0.4, 0.5) is 0 Å². The Hall–Kier alpha value is -2.48. The first kappa shape index (κ1) is 51.5. The third-order valence-electron chi connectivity index (χ3n) is 8.39. The molecule has 54 heavy (non-hydrogen) atoms. The maximum absolute atomic E-state index is 12.5. The standard InChI is InChI=1S/C45H78NO7P/c1-3-5-7-9-11-13-15-17-19-21-22-23-24-26-28-30-32-34-36-38-45(47)53-44(43-52-54(48,49)51-41-39-46)42-50-40-37-35-33-31-29-27-25-20-18-16-14-12-10-8-6-4-2/h11,13,17,19,22-23,26,28,31-34,37,40,44H,3-10,12,14-16,18,20-21,24-25,27,29-30,35-36,38-39,41-43,46H2,1-2H3,(H,48,49). The first-order valence-corrected chi connectivity index (χ1v) is 22.6. The lowest BCUT2D eigenvalue weighted by atomic mass is 10.1. The van der Waals surface area contributed by atoms with E-state index in [2.05, 4.69) is 74.6 Å². The number of carbonyl (C=O) groups is 1. The van der Waals surface area contributed by atoms with E-state index in [1.807, 2.05) is 18.2 Å². The van der Waals surface area contributed by atoms with E-state index in [1.165, 1.54) is 96.3 Å². The molecule has 0 aromatic rings. The summed E-state index contributed by atoms with van der Waals surface area (Å²) in [5.74, 6) is -0.445. The summed E-state index contributed by atoms with van der Waals surface area (Å²) in [7, 11) is -4.32. The van der Waals surface area contributed by atoms with E-state index in [0.717, 1.165) is 38.5 Å². The summed E-state index contributed by atoms with van der Waals surface area (Å²) in [5, 5.41) is 0. The molecule has 0 aliphatic heterocycles. The number of hydrogen-bond acceptors (Lipinski definition) is 7. The number of unbranched alkanes of at least 4 members (excludes halogenated alkanes) is 14. The molecule has 2 atom stereocenters. The molecule has 0 radical (unpaired) electrons. The van der Waals surface area contributed by atoms with Crippen LogP contribution in [0.25, 0.3) is 0 Å². The highest BCUT2D eigenvalue weighted by Gasteiger charge is 2.25. The van der Waals surface area contributed by atoms with Crippen molar-refractivity contribution in [3.63, 3.8) is 0 Å². The molecule has 3 N–H and O–H groups in total. The van der Waals surface area contributed by atoms with E-state index in [9.17, 15) is 14.3 Å². The Morgan fingerprint density at radius 3 is 1.52 bits per heavy atom. The molecule has 0 rings (SSSR count). The number of carbonyl (C=O) groups excluding carboxylic acids is 1. The molecule has 0 amide bonds. The first-order chi connectivity index (χ1) is 26.4. The Bertz CT molecular complexity index is 1100. The maximum atomic E-state index is 12.5. The zero-order valence-corrected chi connectivity index (χ0v) is 35.1. The van der Waals surface area contributed by atoms with Gasteiger partial charge in [0.25, 0.3) is 0 Å². The van der Waals surface area contributed by atoms with Gasteiger partial charge in [0.1, 0.15) is 6.61 Å². The molecule has 310 valence electrons. The lowest BCUT2D eigenvalue weighted by molar-refractivity contribution is -0.153. The molecule has 0 heterocycles. The second kappa shape index (κ2) is 41.7. The number of phosphoric acid groups is 1. The number of hydrogen-bond donors (Lipinski definition) is 2. The molecular weight excluding hydrogens is 697 g/mol. The summed E-state index contributed by atoms with van der Waals surface area (Å²) < 4.78 is 33.0. The first-order valence-electron chi connectivity index (χ1n) is 21.1. The van der Waals surface area contributed by atoms with Crippen molar-refractivity contribution >= 4 is 13.8 Å². The Morgan fingerprint density at radius 2 is 1.00 bits per heavy atom. The highest BCUT2D eigenvalue weighted by molar-refractivity contribution is 7.47. The molecule has 0 saturated carbocycles. The lowest BCUT2D eigenvalue weighted by Gasteiger charge is -2.19. The molecule has 9 heteroatoms. The zero-order chi connectivity index (χ0) is 39.5. The molecule has 0 spiro atoms. The van der Waals surface area contributed by atoms with Gasteiger partial charge in [-0.1, -0.05) is 164 Å². The fourth-order valence-electron chi connectivity index (χ4n) is 5.28. The second-order valence-corrected chi connectivity index (χ2v) is 15.0. The van der Waals surface area contributed by atoms with Crippen molar-refractivity contribution in [1.29, 1.82) is 0 Å². The van der Waals surface area contributed by atoms with E-state index in [0.29, 0.717) is 6.42 Å². The fraction of sp³-hybridized carbons (Fsp3) is 0.667. The van der Waals surface area contributed by atoms with E-state index in [-0.39, 0.29) is 32.8 Å². The van der Waals surface area contributed by atoms with Crippen molar-refractivity contribution in [3.8, 4) is 0 Å². The van der Waals surface area contributed by atoms with Crippen LogP contribution in [0.1, 0.15) is 162 Å². The van der Waals surface area contributed by atoms with Gasteiger partial charge in [-0.3, -0.25) is 13.8 Å². The smallest absolute Gasteiger partial charge is 0.472 e. The van der Waals surface area contributed by atoms with Gasteiger partial charge in [-0.25, -0.2) is 4.57 Å². The number of phosphoric ester groups is 1. The predicted octanol–water partition coefficient (Wildman–Crippen LogP) is 12.9. The van der Waals surface area contributed by atoms with Gasteiger partial charge in [-0.05, 0) is 70.3 Å². The van der Waals surface area contributed by atoms with Crippen LogP contribution < -0.4 is 5.73 Å². The highest BCUT2D eigenvalue weighted by Crippen LogP contribution is 2.43. The third-order valence-corrected chi connectivity index (χ3v) is 9.38. The molecule has 0 saturated heterocycles. The van der Waals surface area contributed by atoms with Gasteiger partial charge in [-0.15, -0.1) is 0 Å². The molecule has 2 unspecified atom stereocenters. The summed E-state index contributed by atoms with van der Waals surface area (Å²) in [6, 6.07) is 0. The van der Waals surface area contributed by atoms with E-state index >= 15 is 0 Å². The SMILES string of the molecule is CCCCCC=CCC=CCC=CCC=CCC=CCCC(=O)OC(COC=CCC=CCCCCCCCCCCCCC)COP(=O)(O)OCCN. The summed E-state index contributed by atoms with van der Waals surface area (Å²) in [6.07, 6.45) is 54.3. The van der Waals surface area contributed by atoms with E-state index < -0.39 is 19.9 Å². The van der Waals surface area contributed by atoms with Crippen LogP contribution in [0.3, 0.4) is 0 Å². The van der Waals surface area contributed by atoms with Crippen molar-refractivity contribution < 1.29 is 32.8 Å². The number of esters is 1. The minimum absolute atomic E-state index is 0.0243. The number of rotatable bonds is 39. The monoisotopic (exact) mass is 776 g/mol. The lowest BCUT2D eigenvalue weighted by Crippen LogP contribution is -2.27. The van der Waals surface area contributed by atoms with Crippen LogP contribution in [0.5, 0.6) is 0 Å². The summed E-state index contributed by atoms with van der Waals surface area (Å²) in [4.78, 5) is 22.4. The van der Waals surface area contributed by atoms with Crippen molar-refractivity contribution in [2.45, 2.75) is 168 Å². The molecular formula is C45H78NO7P. The van der Waals surface area contributed by atoms with Crippen molar-refractivity contribution in [1.82, 2.24) is 0 Å². The minimum atomic E-state index is -4.32. The van der Waals surface area contributed by atoms with Gasteiger partial charge in [-0.2, -0.15) is 0 Å². The van der Waals surface area contributed by atoms with Crippen LogP contribution >= 0.6 is 7.82 Å². The molecule has 0 aliphatic rings. The topological polar surface area (TPSA) is 117 Å². The van der Waals surface area contributed by atoms with Crippen molar-refractivity contribution in [2.24, 2.45) is 5.73 Å². The van der Waals surface area contributed by atoms with Gasteiger partial charge in [0.05, 0.1) is 19.5 Å². The second-order valence-electron chi connectivity index (χ2n) is 13.6. The summed E-state index contributed by atoms with van der Waals surface area (Å²) in [6.45, 7) is 4.06. The Labute approximate surface area is 330 Å². The maximum Gasteiger partial charge on any atom is 0.472 e. The minimum Gasteiger partial charge on any atom is -0.498 e. The van der Waals surface area contributed by atoms with Crippen LogP contribution in [0.2, 0.25) is 0 Å². The van der Waals surface area contributed by atoms with Crippen molar-refractivity contribution in [2.75, 3.05) is 26.4 Å². The van der Waals surface area contributed by atoms with Crippen molar-refractivity contribution in [3.05, 3.63) is 85.3 Å². The Balaban J connectivity index is 4.30. The predicted molar refractivity (Wildman–Crippen MR) is 228 cm³/mol. The van der Waals surface area contributed by atoms with E-state index in [4.69, 9.17) is 24.3 Å². The molecule has 0 aliphatic carbocycles. The average molecular weight is 776 g/mol. The molecule has 0 bridgehead atoms. The highest BCUT2D eigenvalue weighted by atomic mass is 31.2. The molecule has 0 fully saturated rings. The largest absolute Gasteiger partial charge is 0.498 e. The van der Waals surface area contributed by atoms with Gasteiger partial charge < -0.3 is 20.1 Å². The van der Waals surface area contributed by atoms with Crippen LogP contribution in [-0.2, 0) is 27.9 Å². The summed E-state index contributed by atoms with van der Waals surface area (Å²) in [5.41, 5.74) is 5.35.